The Balaban J connectivity index is 2.51. The number of rotatable bonds is 7. The first-order valence-corrected chi connectivity index (χ1v) is 10.2. The molecule has 0 bridgehead atoms. The summed E-state index contributed by atoms with van der Waals surface area (Å²) < 4.78 is 32.5. The third-order valence-corrected chi connectivity index (χ3v) is 6.14. The quantitative estimate of drug-likeness (QED) is 0.470. The number of hydrogen-bond donors (Lipinski definition) is 0. The molecule has 0 aliphatic carbocycles. The van der Waals surface area contributed by atoms with Crippen LogP contribution in [0.25, 0.3) is 0 Å². The minimum absolute atomic E-state index is 0.0273. The smallest absolute Gasteiger partial charge is 0.339 e. The van der Waals surface area contributed by atoms with Crippen LogP contribution in [0.2, 0.25) is 10.0 Å². The zero-order valence-corrected chi connectivity index (χ0v) is 17.1. The molecule has 0 aliphatic rings. The monoisotopic (exact) mass is 438 g/mol. The van der Waals surface area contributed by atoms with Gasteiger partial charge in [0.1, 0.15) is 11.0 Å². The van der Waals surface area contributed by atoms with Crippen molar-refractivity contribution >= 4 is 44.9 Å². The van der Waals surface area contributed by atoms with Gasteiger partial charge in [-0.1, -0.05) is 29.3 Å². The minimum Gasteiger partial charge on any atom is -0.444 e. The lowest BCUT2D eigenvalue weighted by atomic mass is 10.2. The van der Waals surface area contributed by atoms with Crippen molar-refractivity contribution in [2.24, 2.45) is 0 Å². The first kappa shape index (κ1) is 21.8. The predicted octanol–water partition coefficient (Wildman–Crippen LogP) is 4.44. The molecule has 0 aliphatic heterocycles. The fraction of sp³-hybridized carbons (Fsp3) is 0.158. The molecule has 0 saturated heterocycles. The average molecular weight is 439 g/mol. The van der Waals surface area contributed by atoms with Gasteiger partial charge < -0.3 is 4.74 Å². The number of nitrogens with zero attached hydrogens (tertiary/aromatic N) is 2. The van der Waals surface area contributed by atoms with E-state index in [-0.39, 0.29) is 22.0 Å². The van der Waals surface area contributed by atoms with Crippen molar-refractivity contribution in [1.82, 2.24) is 0 Å². The summed E-state index contributed by atoms with van der Waals surface area (Å²) in [7, 11) is -4.14. The van der Waals surface area contributed by atoms with Crippen LogP contribution >= 0.6 is 23.2 Å². The SMILES string of the molecule is C=CCN(c1ccc(Cl)cc1)S(=O)(=O)c1cc(C(=O)O[C@@H](C)C#N)ccc1Cl. The highest BCUT2D eigenvalue weighted by molar-refractivity contribution is 7.93. The van der Waals surface area contributed by atoms with Crippen molar-refractivity contribution < 1.29 is 17.9 Å². The largest absolute Gasteiger partial charge is 0.444 e. The molecule has 146 valence electrons. The second kappa shape index (κ2) is 9.11. The maximum atomic E-state index is 13.2. The normalized spacial score (nSPS) is 11.9. The first-order valence-electron chi connectivity index (χ1n) is 8.00. The highest BCUT2D eigenvalue weighted by Gasteiger charge is 2.28. The van der Waals surface area contributed by atoms with E-state index >= 15 is 0 Å². The van der Waals surface area contributed by atoms with Gasteiger partial charge in [-0.15, -0.1) is 6.58 Å². The van der Waals surface area contributed by atoms with E-state index < -0.39 is 22.1 Å². The van der Waals surface area contributed by atoms with Gasteiger partial charge >= 0.3 is 5.97 Å². The Bertz CT molecular complexity index is 1030. The van der Waals surface area contributed by atoms with E-state index in [1.165, 1.54) is 25.1 Å². The molecule has 0 unspecified atom stereocenters. The van der Waals surface area contributed by atoms with Gasteiger partial charge in [0.15, 0.2) is 6.10 Å². The number of carbonyl (C=O) groups is 1. The minimum atomic E-state index is -4.14. The highest BCUT2D eigenvalue weighted by atomic mass is 35.5. The zero-order chi connectivity index (χ0) is 20.9. The summed E-state index contributed by atoms with van der Waals surface area (Å²) in [6.07, 6.45) is 0.446. The predicted molar refractivity (Wildman–Crippen MR) is 108 cm³/mol. The van der Waals surface area contributed by atoms with E-state index in [9.17, 15) is 13.2 Å². The van der Waals surface area contributed by atoms with Gasteiger partial charge in [0.05, 0.1) is 22.8 Å². The molecule has 0 heterocycles. The second-order valence-corrected chi connectivity index (χ2v) is 8.30. The van der Waals surface area contributed by atoms with E-state index in [4.69, 9.17) is 33.2 Å². The molecule has 0 spiro atoms. The van der Waals surface area contributed by atoms with Crippen molar-refractivity contribution in [3.8, 4) is 6.07 Å². The molecule has 0 aromatic heterocycles. The number of ether oxygens (including phenoxy) is 1. The fourth-order valence-corrected chi connectivity index (χ4v) is 4.33. The number of esters is 1. The van der Waals surface area contributed by atoms with E-state index in [1.807, 2.05) is 0 Å². The average Bonchev–Trinajstić information content (AvgIpc) is 2.66. The van der Waals surface area contributed by atoms with Gasteiger partial charge in [-0.3, -0.25) is 4.31 Å². The van der Waals surface area contributed by atoms with E-state index in [0.29, 0.717) is 10.7 Å². The van der Waals surface area contributed by atoms with Crippen LogP contribution in [-0.2, 0) is 14.8 Å². The molecule has 1 atom stereocenters. The molecular formula is C19H16Cl2N2O4S. The molecule has 0 fully saturated rings. The molecular weight excluding hydrogens is 423 g/mol. The van der Waals surface area contributed by atoms with Gasteiger partial charge in [-0.05, 0) is 49.4 Å². The van der Waals surface area contributed by atoms with Gasteiger partial charge in [-0.25, -0.2) is 13.2 Å². The number of anilines is 1. The lowest BCUT2D eigenvalue weighted by molar-refractivity contribution is 0.0435. The lowest BCUT2D eigenvalue weighted by Crippen LogP contribution is -2.31. The van der Waals surface area contributed by atoms with Crippen LogP contribution in [0, 0.1) is 11.3 Å². The van der Waals surface area contributed by atoms with Crippen molar-refractivity contribution in [2.45, 2.75) is 17.9 Å². The van der Waals surface area contributed by atoms with Crippen LogP contribution in [0.5, 0.6) is 0 Å². The highest BCUT2D eigenvalue weighted by Crippen LogP contribution is 2.30. The Morgan fingerprint density at radius 3 is 2.50 bits per heavy atom. The van der Waals surface area contributed by atoms with E-state index in [1.54, 1.807) is 30.3 Å². The molecule has 9 heteroatoms. The van der Waals surface area contributed by atoms with Gasteiger partial charge in [-0.2, -0.15) is 5.26 Å². The first-order chi connectivity index (χ1) is 13.2. The van der Waals surface area contributed by atoms with Crippen molar-refractivity contribution in [2.75, 3.05) is 10.8 Å². The Morgan fingerprint density at radius 2 is 1.93 bits per heavy atom. The van der Waals surface area contributed by atoms with E-state index in [0.717, 1.165) is 10.4 Å². The van der Waals surface area contributed by atoms with Crippen LogP contribution in [0.1, 0.15) is 17.3 Å². The van der Waals surface area contributed by atoms with Crippen molar-refractivity contribution in [3.05, 3.63) is 70.7 Å². The number of benzene rings is 2. The number of sulfonamides is 1. The molecule has 6 nitrogen and oxygen atoms in total. The van der Waals surface area contributed by atoms with E-state index in [2.05, 4.69) is 6.58 Å². The zero-order valence-electron chi connectivity index (χ0n) is 14.8. The van der Waals surface area contributed by atoms with Crippen LogP contribution in [0.15, 0.2) is 60.0 Å². The molecule has 0 saturated carbocycles. The number of hydrogen-bond acceptors (Lipinski definition) is 5. The maximum absolute atomic E-state index is 13.2. The standard InChI is InChI=1S/C19H16Cl2N2O4S/c1-3-10-23(16-7-5-15(20)6-8-16)28(25,26)18-11-14(4-9-17(18)21)19(24)27-13(2)12-22/h3-9,11,13H,1,10H2,2H3/t13-/m0/s1. The molecule has 2 aromatic carbocycles. The Labute approximate surface area is 173 Å². The summed E-state index contributed by atoms with van der Waals surface area (Å²) in [6, 6.07) is 11.7. The molecule has 0 N–H and O–H groups in total. The second-order valence-electron chi connectivity index (χ2n) is 5.62. The fourth-order valence-electron chi connectivity index (χ4n) is 2.27. The summed E-state index contributed by atoms with van der Waals surface area (Å²) in [4.78, 5) is 11.9. The third-order valence-electron chi connectivity index (χ3n) is 3.61. The summed E-state index contributed by atoms with van der Waals surface area (Å²) >= 11 is 12.0. The molecule has 0 amide bonds. The Morgan fingerprint density at radius 1 is 1.29 bits per heavy atom. The van der Waals surface area contributed by atoms with Gasteiger partial charge in [0.2, 0.25) is 0 Å². The van der Waals surface area contributed by atoms with Crippen LogP contribution < -0.4 is 4.31 Å². The van der Waals surface area contributed by atoms with Crippen molar-refractivity contribution in [1.29, 1.82) is 5.26 Å². The van der Waals surface area contributed by atoms with Crippen LogP contribution in [0.4, 0.5) is 5.69 Å². The third kappa shape index (κ3) is 4.84. The number of halogens is 2. The maximum Gasteiger partial charge on any atom is 0.339 e. The molecule has 2 aromatic rings. The lowest BCUT2D eigenvalue weighted by Gasteiger charge is -2.24. The Hall–Kier alpha value is -2.53. The number of carbonyl (C=O) groups excluding carboxylic acids is 1. The molecule has 2 rings (SSSR count). The summed E-state index contributed by atoms with van der Waals surface area (Å²) in [5.41, 5.74) is 0.311. The summed E-state index contributed by atoms with van der Waals surface area (Å²) in [6.45, 7) is 4.96. The van der Waals surface area contributed by atoms with Crippen LogP contribution in [0.3, 0.4) is 0 Å². The Kier molecular flexibility index (Phi) is 7.08. The molecule has 28 heavy (non-hydrogen) atoms. The van der Waals surface area contributed by atoms with Crippen LogP contribution in [-0.4, -0.2) is 27.0 Å². The topological polar surface area (TPSA) is 87.5 Å². The number of nitriles is 1. The van der Waals surface area contributed by atoms with Crippen molar-refractivity contribution in [3.63, 3.8) is 0 Å². The van der Waals surface area contributed by atoms with Gasteiger partial charge in [0, 0.05) is 5.02 Å². The summed E-state index contributed by atoms with van der Waals surface area (Å²) in [5, 5.41) is 9.16. The van der Waals surface area contributed by atoms with Gasteiger partial charge in [0.25, 0.3) is 10.0 Å². The molecule has 0 radical (unpaired) electrons. The summed E-state index contributed by atoms with van der Waals surface area (Å²) in [5.74, 6) is -0.830.